The number of anilines is 2. The molecule has 0 aliphatic heterocycles. The van der Waals surface area contributed by atoms with E-state index in [1.54, 1.807) is 62.8 Å². The van der Waals surface area contributed by atoms with Gasteiger partial charge in [-0.25, -0.2) is 0 Å². The Bertz CT molecular complexity index is 726. The van der Waals surface area contributed by atoms with E-state index in [2.05, 4.69) is 10.7 Å². The van der Waals surface area contributed by atoms with Crippen molar-refractivity contribution in [1.82, 2.24) is 5.01 Å². The third-order valence-electron chi connectivity index (χ3n) is 2.97. The van der Waals surface area contributed by atoms with Crippen molar-refractivity contribution in [2.75, 3.05) is 25.0 Å². The van der Waals surface area contributed by atoms with Crippen molar-refractivity contribution >= 4 is 17.3 Å². The molecule has 0 fully saturated rings. The van der Waals surface area contributed by atoms with Gasteiger partial charge >= 0.3 is 0 Å². The van der Waals surface area contributed by atoms with E-state index in [4.69, 9.17) is 14.9 Å². The number of methoxy groups -OCH3 is 2. The smallest absolute Gasteiger partial charge is 0.229 e. The fraction of sp³-hybridized carbons (Fsp3) is 0.125. The average Bonchev–Trinajstić information content (AvgIpc) is 2.59. The minimum atomic E-state index is -0.122. The molecule has 0 unspecified atom stereocenters. The largest absolute Gasteiger partial charge is 0.497 e. The topological polar surface area (TPSA) is 93.4 Å². The van der Waals surface area contributed by atoms with Crippen molar-refractivity contribution in [2.45, 2.75) is 0 Å². The SMILES string of the molecule is COc1cccc(NC(=N)N(C#N)Nc2cccc(OC)c2)c1. The van der Waals surface area contributed by atoms with Crippen LogP contribution in [0.5, 0.6) is 11.5 Å². The lowest BCUT2D eigenvalue weighted by Crippen LogP contribution is -2.36. The molecule has 0 aliphatic rings. The van der Waals surface area contributed by atoms with Gasteiger partial charge in [-0.3, -0.25) is 10.8 Å². The van der Waals surface area contributed by atoms with E-state index in [-0.39, 0.29) is 5.96 Å². The lowest BCUT2D eigenvalue weighted by Gasteiger charge is -2.19. The highest BCUT2D eigenvalue weighted by Crippen LogP contribution is 2.19. The minimum absolute atomic E-state index is 0.122. The molecule has 2 aromatic rings. The maximum Gasteiger partial charge on any atom is 0.229 e. The fourth-order valence-corrected chi connectivity index (χ4v) is 1.85. The number of hydrazine groups is 1. The summed E-state index contributed by atoms with van der Waals surface area (Å²) in [4.78, 5) is 0. The second kappa shape index (κ2) is 7.56. The Hall–Kier alpha value is -3.40. The maximum atomic E-state index is 9.24. The van der Waals surface area contributed by atoms with Crippen LogP contribution in [0.2, 0.25) is 0 Å². The predicted octanol–water partition coefficient (Wildman–Crippen LogP) is 2.86. The van der Waals surface area contributed by atoms with Gasteiger partial charge in [-0.05, 0) is 24.3 Å². The molecule has 0 saturated carbocycles. The normalized spacial score (nSPS) is 9.43. The molecule has 0 aromatic heterocycles. The molecule has 3 N–H and O–H groups in total. The van der Waals surface area contributed by atoms with E-state index in [0.29, 0.717) is 22.9 Å². The summed E-state index contributed by atoms with van der Waals surface area (Å²) in [6.07, 6.45) is 1.90. The van der Waals surface area contributed by atoms with Gasteiger partial charge in [-0.2, -0.15) is 10.3 Å². The van der Waals surface area contributed by atoms with E-state index in [0.717, 1.165) is 5.01 Å². The summed E-state index contributed by atoms with van der Waals surface area (Å²) in [5, 5.41) is 21.1. The zero-order valence-corrected chi connectivity index (χ0v) is 12.8. The lowest BCUT2D eigenvalue weighted by atomic mass is 10.3. The first-order valence-electron chi connectivity index (χ1n) is 6.76. The second-order valence-corrected chi connectivity index (χ2v) is 4.48. The summed E-state index contributed by atoms with van der Waals surface area (Å²) in [7, 11) is 3.13. The highest BCUT2D eigenvalue weighted by atomic mass is 16.5. The standard InChI is InChI=1S/C16H17N5O2/c1-22-14-7-3-5-12(9-14)19-16(18)21(11-17)20-13-6-4-8-15(10-13)23-2/h3-10,20H,1-2H3,(H2,18,19). The molecule has 2 rings (SSSR count). The van der Waals surface area contributed by atoms with Gasteiger partial charge in [0.15, 0.2) is 0 Å². The van der Waals surface area contributed by atoms with Crippen LogP contribution in [-0.2, 0) is 0 Å². The molecular weight excluding hydrogens is 294 g/mol. The molecule has 0 amide bonds. The third kappa shape index (κ3) is 4.28. The Kier molecular flexibility index (Phi) is 5.25. The van der Waals surface area contributed by atoms with E-state index >= 15 is 0 Å². The molecule has 2 aromatic carbocycles. The van der Waals surface area contributed by atoms with Crippen molar-refractivity contribution in [3.05, 3.63) is 48.5 Å². The number of rotatable bonds is 5. The van der Waals surface area contributed by atoms with Gasteiger partial charge in [0.1, 0.15) is 11.5 Å². The number of hydrogen-bond acceptors (Lipinski definition) is 5. The minimum Gasteiger partial charge on any atom is -0.497 e. The predicted molar refractivity (Wildman–Crippen MR) is 88.4 cm³/mol. The van der Waals surface area contributed by atoms with Gasteiger partial charge in [0, 0.05) is 17.8 Å². The van der Waals surface area contributed by atoms with Crippen LogP contribution in [0.4, 0.5) is 11.4 Å². The molecule has 0 atom stereocenters. The summed E-state index contributed by atoms with van der Waals surface area (Å²) < 4.78 is 10.3. The highest BCUT2D eigenvalue weighted by Gasteiger charge is 2.10. The third-order valence-corrected chi connectivity index (χ3v) is 2.97. The van der Waals surface area contributed by atoms with Gasteiger partial charge in [0.25, 0.3) is 0 Å². The highest BCUT2D eigenvalue weighted by molar-refractivity contribution is 5.93. The summed E-state index contributed by atoms with van der Waals surface area (Å²) in [5.74, 6) is 1.19. The first-order chi connectivity index (χ1) is 11.2. The van der Waals surface area contributed by atoms with Crippen molar-refractivity contribution < 1.29 is 9.47 Å². The van der Waals surface area contributed by atoms with Gasteiger partial charge in [0.2, 0.25) is 12.2 Å². The van der Waals surface area contributed by atoms with E-state index < -0.39 is 0 Å². The number of nitriles is 1. The zero-order chi connectivity index (χ0) is 16.7. The lowest BCUT2D eigenvalue weighted by molar-refractivity contribution is 0.414. The number of benzene rings is 2. The fourth-order valence-electron chi connectivity index (χ4n) is 1.85. The maximum absolute atomic E-state index is 9.24. The molecule has 118 valence electrons. The Labute approximate surface area is 134 Å². The molecule has 0 bridgehead atoms. The van der Waals surface area contributed by atoms with Crippen LogP contribution in [0.15, 0.2) is 48.5 Å². The van der Waals surface area contributed by atoms with Crippen LogP contribution in [0.1, 0.15) is 0 Å². The molecule has 0 aliphatic carbocycles. The van der Waals surface area contributed by atoms with Gasteiger partial charge in [0.05, 0.1) is 19.9 Å². The Morgan fingerprint density at radius 1 is 1.04 bits per heavy atom. The first kappa shape index (κ1) is 16.0. The average molecular weight is 311 g/mol. The monoisotopic (exact) mass is 311 g/mol. The molecule has 23 heavy (non-hydrogen) atoms. The Morgan fingerprint density at radius 2 is 1.61 bits per heavy atom. The van der Waals surface area contributed by atoms with E-state index in [1.165, 1.54) is 0 Å². The summed E-state index contributed by atoms with van der Waals surface area (Å²) >= 11 is 0. The summed E-state index contributed by atoms with van der Waals surface area (Å²) in [6.45, 7) is 0. The van der Waals surface area contributed by atoms with Crippen molar-refractivity contribution in [3.8, 4) is 17.7 Å². The van der Waals surface area contributed by atoms with Crippen molar-refractivity contribution in [2.24, 2.45) is 0 Å². The second-order valence-electron chi connectivity index (χ2n) is 4.48. The van der Waals surface area contributed by atoms with Gasteiger partial charge in [-0.1, -0.05) is 12.1 Å². The molecule has 0 radical (unpaired) electrons. The first-order valence-corrected chi connectivity index (χ1v) is 6.76. The molecular formula is C16H17N5O2. The number of nitrogens with zero attached hydrogens (tertiary/aromatic N) is 2. The number of ether oxygens (including phenoxy) is 2. The van der Waals surface area contributed by atoms with Crippen LogP contribution in [-0.4, -0.2) is 25.2 Å². The molecule has 7 nitrogen and oxygen atoms in total. The van der Waals surface area contributed by atoms with Gasteiger partial charge in [-0.15, -0.1) is 0 Å². The molecule has 0 spiro atoms. The van der Waals surface area contributed by atoms with E-state index in [9.17, 15) is 5.26 Å². The number of hydrogen-bond donors (Lipinski definition) is 3. The van der Waals surface area contributed by atoms with Crippen molar-refractivity contribution in [3.63, 3.8) is 0 Å². The van der Waals surface area contributed by atoms with Crippen LogP contribution in [0.25, 0.3) is 0 Å². The Morgan fingerprint density at radius 3 is 2.17 bits per heavy atom. The summed E-state index contributed by atoms with van der Waals surface area (Å²) in [6, 6.07) is 14.2. The van der Waals surface area contributed by atoms with Crippen LogP contribution < -0.4 is 20.2 Å². The number of guanidine groups is 1. The quantitative estimate of drug-likeness (QED) is 0.258. The zero-order valence-electron chi connectivity index (χ0n) is 12.8. The van der Waals surface area contributed by atoms with Crippen LogP contribution in [0.3, 0.4) is 0 Å². The van der Waals surface area contributed by atoms with Crippen LogP contribution >= 0.6 is 0 Å². The van der Waals surface area contributed by atoms with Gasteiger partial charge < -0.3 is 14.8 Å². The van der Waals surface area contributed by atoms with Crippen molar-refractivity contribution in [1.29, 1.82) is 10.7 Å². The van der Waals surface area contributed by atoms with E-state index in [1.807, 2.05) is 6.19 Å². The molecule has 0 saturated heterocycles. The summed E-state index contributed by atoms with van der Waals surface area (Å²) in [5.41, 5.74) is 4.09. The molecule has 7 heteroatoms. The molecule has 0 heterocycles. The number of nitrogens with one attached hydrogen (secondary N) is 3. The van der Waals surface area contributed by atoms with Crippen LogP contribution in [0, 0.1) is 16.9 Å². The Balaban J connectivity index is 2.07.